The zero-order valence-electron chi connectivity index (χ0n) is 12.8. The van der Waals surface area contributed by atoms with E-state index in [-0.39, 0.29) is 17.3 Å². The molecule has 6 heteroatoms. The highest BCUT2D eigenvalue weighted by molar-refractivity contribution is 9.10. The Balaban J connectivity index is 2.21. The smallest absolute Gasteiger partial charge is 0.336 e. The highest BCUT2D eigenvalue weighted by atomic mass is 79.9. The first-order chi connectivity index (χ1) is 11.5. The van der Waals surface area contributed by atoms with Crippen molar-refractivity contribution in [3.8, 4) is 17.6 Å². The van der Waals surface area contributed by atoms with Crippen molar-refractivity contribution in [1.29, 1.82) is 5.26 Å². The van der Waals surface area contributed by atoms with Crippen molar-refractivity contribution in [2.75, 3.05) is 6.61 Å². The maximum atomic E-state index is 13.1. The fourth-order valence-corrected chi connectivity index (χ4v) is 2.43. The van der Waals surface area contributed by atoms with Gasteiger partial charge in [0.2, 0.25) is 0 Å². The van der Waals surface area contributed by atoms with E-state index in [1.54, 1.807) is 19.1 Å². The first-order valence-electron chi connectivity index (χ1n) is 7.05. The predicted octanol–water partition coefficient (Wildman–Crippen LogP) is 4.48. The van der Waals surface area contributed by atoms with Crippen molar-refractivity contribution in [2.24, 2.45) is 0 Å². The van der Waals surface area contributed by atoms with Gasteiger partial charge in [-0.3, -0.25) is 0 Å². The molecule has 4 nitrogen and oxygen atoms in total. The van der Waals surface area contributed by atoms with Crippen LogP contribution < -0.4 is 9.47 Å². The lowest BCUT2D eigenvalue weighted by atomic mass is 10.2. The van der Waals surface area contributed by atoms with Crippen LogP contribution in [0.15, 0.2) is 46.9 Å². The maximum Gasteiger partial charge on any atom is 0.336 e. The number of carbonyl (C=O) groups is 1. The standard InChI is InChI=1S/C18H13BrFNO3/c1-2-23-16-10-13(11-21)9-15(19)18(16)24-17(22)7-6-12-4-3-5-14(20)8-12/h3-10H,2H2,1H3/b7-6+. The zero-order valence-corrected chi connectivity index (χ0v) is 14.3. The van der Waals surface area contributed by atoms with Gasteiger partial charge in [-0.2, -0.15) is 5.26 Å². The summed E-state index contributed by atoms with van der Waals surface area (Å²) in [4.78, 5) is 12.0. The molecule has 122 valence electrons. The van der Waals surface area contributed by atoms with E-state index >= 15 is 0 Å². The van der Waals surface area contributed by atoms with E-state index in [9.17, 15) is 9.18 Å². The molecule has 0 saturated carbocycles. The van der Waals surface area contributed by atoms with Gasteiger partial charge in [-0.15, -0.1) is 0 Å². The molecule has 2 aromatic rings. The van der Waals surface area contributed by atoms with E-state index in [1.807, 2.05) is 6.07 Å². The summed E-state index contributed by atoms with van der Waals surface area (Å²) < 4.78 is 24.2. The van der Waals surface area contributed by atoms with Gasteiger partial charge in [0.15, 0.2) is 11.5 Å². The third kappa shape index (κ3) is 4.67. The van der Waals surface area contributed by atoms with Crippen LogP contribution in [0.4, 0.5) is 4.39 Å². The highest BCUT2D eigenvalue weighted by Gasteiger charge is 2.15. The molecular formula is C18H13BrFNO3. The second-order valence-electron chi connectivity index (χ2n) is 4.64. The number of halogens is 2. The summed E-state index contributed by atoms with van der Waals surface area (Å²) in [5.74, 6) is -0.565. The second kappa shape index (κ2) is 8.27. The van der Waals surface area contributed by atoms with Gasteiger partial charge >= 0.3 is 5.97 Å². The minimum absolute atomic E-state index is 0.185. The maximum absolute atomic E-state index is 13.1. The van der Waals surface area contributed by atoms with Gasteiger partial charge in [0.05, 0.1) is 22.7 Å². The molecule has 0 spiro atoms. The minimum Gasteiger partial charge on any atom is -0.490 e. The third-order valence-corrected chi connectivity index (χ3v) is 3.49. The van der Waals surface area contributed by atoms with Crippen molar-refractivity contribution >= 4 is 28.0 Å². The molecule has 2 rings (SSSR count). The summed E-state index contributed by atoms with van der Waals surface area (Å²) in [6, 6.07) is 10.8. The number of carbonyl (C=O) groups excluding carboxylic acids is 1. The molecular weight excluding hydrogens is 377 g/mol. The Labute approximate surface area is 147 Å². The van der Waals surface area contributed by atoms with Gasteiger partial charge < -0.3 is 9.47 Å². The molecule has 0 saturated heterocycles. The Morgan fingerprint density at radius 1 is 1.38 bits per heavy atom. The van der Waals surface area contributed by atoms with Crippen LogP contribution in [-0.2, 0) is 4.79 Å². The van der Waals surface area contributed by atoms with Gasteiger partial charge in [0.25, 0.3) is 0 Å². The molecule has 0 N–H and O–H groups in total. The predicted molar refractivity (Wildman–Crippen MR) is 91.1 cm³/mol. The molecule has 2 aromatic carbocycles. The van der Waals surface area contributed by atoms with E-state index in [1.165, 1.54) is 36.4 Å². The monoisotopic (exact) mass is 389 g/mol. The molecule has 0 aromatic heterocycles. The minimum atomic E-state index is -0.648. The second-order valence-corrected chi connectivity index (χ2v) is 5.49. The molecule has 0 radical (unpaired) electrons. The lowest BCUT2D eigenvalue weighted by molar-refractivity contribution is -0.129. The fourth-order valence-electron chi connectivity index (χ4n) is 1.90. The first-order valence-corrected chi connectivity index (χ1v) is 7.84. The Kier molecular flexibility index (Phi) is 6.10. The number of benzene rings is 2. The van der Waals surface area contributed by atoms with Gasteiger partial charge in [0.1, 0.15) is 5.82 Å². The fraction of sp³-hybridized carbons (Fsp3) is 0.111. The molecule has 24 heavy (non-hydrogen) atoms. The van der Waals surface area contributed by atoms with Crippen LogP contribution >= 0.6 is 15.9 Å². The molecule has 0 heterocycles. The molecule has 0 unspecified atom stereocenters. The quantitative estimate of drug-likeness (QED) is 0.429. The zero-order chi connectivity index (χ0) is 17.5. The summed E-state index contributed by atoms with van der Waals surface area (Å²) in [7, 11) is 0. The number of hydrogen-bond donors (Lipinski definition) is 0. The molecule has 0 aliphatic heterocycles. The topological polar surface area (TPSA) is 59.3 Å². The third-order valence-electron chi connectivity index (χ3n) is 2.90. The molecule has 0 atom stereocenters. The largest absolute Gasteiger partial charge is 0.490 e. The van der Waals surface area contributed by atoms with Crippen molar-refractivity contribution in [1.82, 2.24) is 0 Å². The van der Waals surface area contributed by atoms with Crippen LogP contribution in [0.1, 0.15) is 18.1 Å². The SMILES string of the molecule is CCOc1cc(C#N)cc(Br)c1OC(=O)/C=C/c1cccc(F)c1. The van der Waals surface area contributed by atoms with Crippen LogP contribution in [0.25, 0.3) is 6.08 Å². The van der Waals surface area contributed by atoms with Gasteiger partial charge in [0, 0.05) is 12.1 Å². The average molecular weight is 390 g/mol. The number of ether oxygens (including phenoxy) is 2. The molecule has 0 fully saturated rings. The molecule has 0 bridgehead atoms. The highest BCUT2D eigenvalue weighted by Crippen LogP contribution is 2.37. The molecule has 0 amide bonds. The van der Waals surface area contributed by atoms with Gasteiger partial charge in [-0.25, -0.2) is 9.18 Å². The first kappa shape index (κ1) is 17.7. The van der Waals surface area contributed by atoms with Crippen molar-refractivity contribution in [3.63, 3.8) is 0 Å². The van der Waals surface area contributed by atoms with Crippen LogP contribution in [0.3, 0.4) is 0 Å². The van der Waals surface area contributed by atoms with Crippen LogP contribution in [0.2, 0.25) is 0 Å². The van der Waals surface area contributed by atoms with Crippen molar-refractivity contribution in [2.45, 2.75) is 6.92 Å². The summed E-state index contributed by atoms with van der Waals surface area (Å²) >= 11 is 3.26. The van der Waals surface area contributed by atoms with E-state index in [0.717, 1.165) is 0 Å². The normalized spacial score (nSPS) is 10.4. The lowest BCUT2D eigenvalue weighted by Gasteiger charge is -2.11. The van der Waals surface area contributed by atoms with Crippen LogP contribution in [0.5, 0.6) is 11.5 Å². The van der Waals surface area contributed by atoms with Crippen LogP contribution in [0, 0.1) is 17.1 Å². The summed E-state index contributed by atoms with van der Waals surface area (Å²) in [6.45, 7) is 2.13. The summed E-state index contributed by atoms with van der Waals surface area (Å²) in [5, 5.41) is 8.98. The van der Waals surface area contributed by atoms with Gasteiger partial charge in [-0.1, -0.05) is 12.1 Å². The number of esters is 1. The van der Waals surface area contributed by atoms with E-state index in [0.29, 0.717) is 22.2 Å². The van der Waals surface area contributed by atoms with E-state index in [2.05, 4.69) is 15.9 Å². The van der Waals surface area contributed by atoms with Crippen molar-refractivity contribution in [3.05, 3.63) is 63.9 Å². The lowest BCUT2D eigenvalue weighted by Crippen LogP contribution is -2.07. The number of nitrogens with zero attached hydrogens (tertiary/aromatic N) is 1. The average Bonchev–Trinajstić information content (AvgIpc) is 2.56. The number of rotatable bonds is 5. The van der Waals surface area contributed by atoms with Crippen molar-refractivity contribution < 1.29 is 18.7 Å². The Morgan fingerprint density at radius 3 is 2.83 bits per heavy atom. The number of nitriles is 1. The van der Waals surface area contributed by atoms with E-state index < -0.39 is 5.97 Å². The Morgan fingerprint density at radius 2 is 2.17 bits per heavy atom. The molecule has 0 aliphatic rings. The Bertz CT molecular complexity index is 827. The summed E-state index contributed by atoms with van der Waals surface area (Å²) in [5.41, 5.74) is 0.913. The Hall–Kier alpha value is -2.65. The summed E-state index contributed by atoms with van der Waals surface area (Å²) in [6.07, 6.45) is 2.64. The van der Waals surface area contributed by atoms with E-state index in [4.69, 9.17) is 14.7 Å². The van der Waals surface area contributed by atoms with Crippen LogP contribution in [-0.4, -0.2) is 12.6 Å². The number of hydrogen-bond acceptors (Lipinski definition) is 4. The molecule has 0 aliphatic carbocycles. The van der Waals surface area contributed by atoms with Gasteiger partial charge in [-0.05, 0) is 52.7 Å².